The van der Waals surface area contributed by atoms with Crippen molar-refractivity contribution >= 4 is 16.6 Å². The monoisotopic (exact) mass is 273 g/mol. The van der Waals surface area contributed by atoms with Crippen LogP contribution in [0.3, 0.4) is 0 Å². The topological polar surface area (TPSA) is 30.3 Å². The van der Waals surface area contributed by atoms with Gasteiger partial charge < -0.3 is 14.2 Å². The maximum absolute atomic E-state index is 5.49. The summed E-state index contributed by atoms with van der Waals surface area (Å²) in [6.45, 7) is 6.81. The van der Waals surface area contributed by atoms with Crippen LogP contribution in [0.5, 0.6) is 0 Å². The molecule has 0 atom stereocenters. The lowest BCUT2D eigenvalue weighted by Crippen LogP contribution is -2.29. The van der Waals surface area contributed by atoms with E-state index in [1.54, 1.807) is 0 Å². The summed E-state index contributed by atoms with van der Waals surface area (Å²) >= 11 is 0. The van der Waals surface area contributed by atoms with E-state index in [9.17, 15) is 0 Å². The molecular formula is C16H23N3O. The van der Waals surface area contributed by atoms with Gasteiger partial charge >= 0.3 is 0 Å². The van der Waals surface area contributed by atoms with Crippen LogP contribution in [0, 0.1) is 0 Å². The Hall–Kier alpha value is -1.55. The fraction of sp³-hybridized carbons (Fsp3) is 0.562. The van der Waals surface area contributed by atoms with E-state index in [-0.39, 0.29) is 0 Å². The molecule has 0 N–H and O–H groups in total. The van der Waals surface area contributed by atoms with Crippen molar-refractivity contribution in [2.24, 2.45) is 0 Å². The van der Waals surface area contributed by atoms with E-state index in [0.717, 1.165) is 19.8 Å². The molecule has 4 nitrogen and oxygen atoms in total. The summed E-state index contributed by atoms with van der Waals surface area (Å²) in [6.07, 6.45) is 10.1. The molecule has 1 aliphatic rings. The third kappa shape index (κ3) is 2.66. The second kappa shape index (κ2) is 6.27. The maximum Gasteiger partial charge on any atom is 0.0689 e. The third-order valence-electron chi connectivity index (χ3n) is 4.04. The Morgan fingerprint density at radius 2 is 2.10 bits per heavy atom. The van der Waals surface area contributed by atoms with Crippen LogP contribution in [0.2, 0.25) is 0 Å². The van der Waals surface area contributed by atoms with Gasteiger partial charge in [-0.05, 0) is 32.3 Å². The highest BCUT2D eigenvalue weighted by Gasteiger charge is 2.16. The molecule has 0 spiro atoms. The quantitative estimate of drug-likeness (QED) is 0.784. The Bertz CT molecular complexity index is 558. The average Bonchev–Trinajstić information content (AvgIpc) is 2.88. The number of fused-ring (bicyclic) bond motifs is 1. The molecular weight excluding hydrogens is 250 g/mol. The molecule has 0 aliphatic carbocycles. The molecule has 1 fully saturated rings. The van der Waals surface area contributed by atoms with Gasteiger partial charge in [-0.1, -0.05) is 0 Å². The predicted octanol–water partition coefficient (Wildman–Crippen LogP) is 3.06. The number of piperidine rings is 1. The van der Waals surface area contributed by atoms with E-state index < -0.39 is 0 Å². The second-order valence-electron chi connectivity index (χ2n) is 5.35. The van der Waals surface area contributed by atoms with Gasteiger partial charge in [0.05, 0.1) is 24.0 Å². The van der Waals surface area contributed by atoms with Gasteiger partial charge in [0.1, 0.15) is 0 Å². The predicted molar refractivity (Wildman–Crippen MR) is 82.3 cm³/mol. The molecule has 20 heavy (non-hydrogen) atoms. The highest BCUT2D eigenvalue weighted by molar-refractivity contribution is 5.93. The molecule has 0 bridgehead atoms. The first-order chi connectivity index (χ1) is 9.90. The van der Waals surface area contributed by atoms with Crippen LogP contribution in [0.25, 0.3) is 10.9 Å². The van der Waals surface area contributed by atoms with E-state index in [0.29, 0.717) is 0 Å². The summed E-state index contributed by atoms with van der Waals surface area (Å²) in [5.41, 5.74) is 2.58. The Morgan fingerprint density at radius 3 is 2.90 bits per heavy atom. The molecule has 108 valence electrons. The zero-order chi connectivity index (χ0) is 13.8. The van der Waals surface area contributed by atoms with E-state index in [4.69, 9.17) is 4.74 Å². The van der Waals surface area contributed by atoms with Crippen LogP contribution in [0.4, 0.5) is 5.69 Å². The van der Waals surface area contributed by atoms with Crippen molar-refractivity contribution in [1.29, 1.82) is 0 Å². The summed E-state index contributed by atoms with van der Waals surface area (Å²) in [6, 6.07) is 2.14. The molecule has 0 amide bonds. The average molecular weight is 273 g/mol. The van der Waals surface area contributed by atoms with Crippen LogP contribution in [0.15, 0.2) is 24.7 Å². The van der Waals surface area contributed by atoms with Crippen molar-refractivity contribution in [3.05, 3.63) is 24.7 Å². The Morgan fingerprint density at radius 1 is 1.25 bits per heavy atom. The molecule has 1 aliphatic heterocycles. The van der Waals surface area contributed by atoms with Crippen molar-refractivity contribution in [2.45, 2.75) is 32.7 Å². The van der Waals surface area contributed by atoms with Crippen LogP contribution in [-0.2, 0) is 11.3 Å². The Balaban J connectivity index is 1.91. The lowest BCUT2D eigenvalue weighted by atomic mass is 10.1. The molecule has 0 radical (unpaired) electrons. The lowest BCUT2D eigenvalue weighted by molar-refractivity contribution is 0.140. The Kier molecular flexibility index (Phi) is 4.21. The van der Waals surface area contributed by atoms with Gasteiger partial charge in [-0.3, -0.25) is 4.98 Å². The van der Waals surface area contributed by atoms with Crippen LogP contribution >= 0.6 is 0 Å². The van der Waals surface area contributed by atoms with Crippen LogP contribution in [-0.4, -0.2) is 35.9 Å². The van der Waals surface area contributed by atoms with Gasteiger partial charge in [0, 0.05) is 44.0 Å². The van der Waals surface area contributed by atoms with Crippen LogP contribution < -0.4 is 4.90 Å². The first-order valence-corrected chi connectivity index (χ1v) is 7.65. The standard InChI is InChI=1S/C16H23N3O/c1-2-20-11-10-19-13-16(18-8-4-3-5-9-18)14-6-7-17-12-15(14)19/h6-7,12-13H,2-5,8-11H2,1H3. The van der Waals surface area contributed by atoms with Gasteiger partial charge in [0.15, 0.2) is 0 Å². The second-order valence-corrected chi connectivity index (χ2v) is 5.35. The van der Waals surface area contributed by atoms with Crippen molar-refractivity contribution in [1.82, 2.24) is 9.55 Å². The molecule has 1 saturated heterocycles. The molecule has 0 aromatic carbocycles. The number of rotatable bonds is 5. The largest absolute Gasteiger partial charge is 0.380 e. The minimum absolute atomic E-state index is 0.759. The van der Waals surface area contributed by atoms with E-state index in [1.165, 1.54) is 48.9 Å². The van der Waals surface area contributed by atoms with E-state index in [2.05, 4.69) is 26.7 Å². The zero-order valence-electron chi connectivity index (χ0n) is 12.2. The molecule has 2 aromatic rings. The van der Waals surface area contributed by atoms with Gasteiger partial charge in [-0.25, -0.2) is 0 Å². The van der Waals surface area contributed by atoms with Crippen molar-refractivity contribution in [3.63, 3.8) is 0 Å². The Labute approximate surface area is 120 Å². The van der Waals surface area contributed by atoms with Gasteiger partial charge in [-0.15, -0.1) is 0 Å². The minimum Gasteiger partial charge on any atom is -0.380 e. The third-order valence-corrected chi connectivity index (χ3v) is 4.04. The summed E-state index contributed by atoms with van der Waals surface area (Å²) in [7, 11) is 0. The number of anilines is 1. The number of pyridine rings is 1. The molecule has 0 saturated carbocycles. The molecule has 3 heterocycles. The lowest BCUT2D eigenvalue weighted by Gasteiger charge is -2.28. The molecule has 3 rings (SSSR count). The minimum atomic E-state index is 0.759. The number of hydrogen-bond acceptors (Lipinski definition) is 3. The summed E-state index contributed by atoms with van der Waals surface area (Å²) in [4.78, 5) is 6.80. The number of ether oxygens (including phenoxy) is 1. The smallest absolute Gasteiger partial charge is 0.0689 e. The van der Waals surface area contributed by atoms with E-state index >= 15 is 0 Å². The summed E-state index contributed by atoms with van der Waals surface area (Å²) < 4.78 is 7.77. The highest BCUT2D eigenvalue weighted by atomic mass is 16.5. The van der Waals surface area contributed by atoms with Crippen molar-refractivity contribution in [3.8, 4) is 0 Å². The van der Waals surface area contributed by atoms with Gasteiger partial charge in [0.25, 0.3) is 0 Å². The zero-order valence-corrected chi connectivity index (χ0v) is 12.2. The highest BCUT2D eigenvalue weighted by Crippen LogP contribution is 2.30. The number of nitrogens with zero attached hydrogens (tertiary/aromatic N) is 3. The fourth-order valence-electron chi connectivity index (χ4n) is 3.00. The SMILES string of the molecule is CCOCCn1cc(N2CCCCC2)c2ccncc21. The van der Waals surface area contributed by atoms with Gasteiger partial charge in [-0.2, -0.15) is 0 Å². The molecule has 2 aromatic heterocycles. The first-order valence-electron chi connectivity index (χ1n) is 7.65. The fourth-order valence-corrected chi connectivity index (χ4v) is 3.00. The molecule has 0 unspecified atom stereocenters. The van der Waals surface area contributed by atoms with Gasteiger partial charge in [0.2, 0.25) is 0 Å². The maximum atomic E-state index is 5.49. The first kappa shape index (κ1) is 13.4. The van der Waals surface area contributed by atoms with Crippen molar-refractivity contribution in [2.75, 3.05) is 31.2 Å². The van der Waals surface area contributed by atoms with Crippen molar-refractivity contribution < 1.29 is 4.74 Å². The number of aromatic nitrogens is 2. The summed E-state index contributed by atoms with van der Waals surface area (Å²) in [5.74, 6) is 0. The van der Waals surface area contributed by atoms with Crippen LogP contribution in [0.1, 0.15) is 26.2 Å². The normalized spacial score (nSPS) is 15.9. The molecule has 4 heteroatoms. The number of hydrogen-bond donors (Lipinski definition) is 0. The van der Waals surface area contributed by atoms with E-state index in [1.807, 2.05) is 19.3 Å². The summed E-state index contributed by atoms with van der Waals surface area (Å²) in [5, 5.41) is 1.32.